The Bertz CT molecular complexity index is 1110. The average Bonchev–Trinajstić information content (AvgIpc) is 2.66. The summed E-state index contributed by atoms with van der Waals surface area (Å²) in [5.41, 5.74) is 4.02. The molecule has 2 heterocycles. The van der Waals surface area contributed by atoms with Crippen molar-refractivity contribution in [2.45, 2.75) is 52.5 Å². The molecule has 144 valence electrons. The third-order valence-corrected chi connectivity index (χ3v) is 5.47. The van der Waals surface area contributed by atoms with Crippen LogP contribution in [-0.4, -0.2) is 15.5 Å². The lowest BCUT2D eigenvalue weighted by atomic mass is 10.1. The molecule has 5 nitrogen and oxygen atoms in total. The summed E-state index contributed by atoms with van der Waals surface area (Å²) in [7, 11) is 0. The van der Waals surface area contributed by atoms with Crippen LogP contribution in [0, 0.1) is 13.8 Å². The third kappa shape index (κ3) is 3.57. The van der Waals surface area contributed by atoms with Gasteiger partial charge in [-0.05, 0) is 62.1 Å². The fraction of sp³-hybridized carbons (Fsp3) is 0.348. The molecule has 0 saturated heterocycles. The number of hydrogen-bond acceptors (Lipinski definition) is 3. The molecule has 0 bridgehead atoms. The molecule has 0 unspecified atom stereocenters. The Morgan fingerprint density at radius 2 is 1.86 bits per heavy atom. The topological polar surface area (TPSA) is 64.0 Å². The fourth-order valence-electron chi connectivity index (χ4n) is 3.80. The molecule has 0 radical (unpaired) electrons. The van der Waals surface area contributed by atoms with Gasteiger partial charge in [0.25, 0.3) is 11.5 Å². The molecule has 2 aromatic carbocycles. The molecule has 0 spiro atoms. The zero-order valence-corrected chi connectivity index (χ0v) is 16.4. The van der Waals surface area contributed by atoms with Crippen LogP contribution in [0.15, 0.2) is 41.2 Å². The minimum Gasteiger partial charge on any atom is -0.322 e. The zero-order valence-electron chi connectivity index (χ0n) is 16.4. The van der Waals surface area contributed by atoms with Gasteiger partial charge in [0.05, 0.1) is 10.9 Å². The summed E-state index contributed by atoms with van der Waals surface area (Å²) in [4.78, 5) is 30.4. The Labute approximate surface area is 164 Å². The Kier molecular flexibility index (Phi) is 4.99. The van der Waals surface area contributed by atoms with E-state index < -0.39 is 0 Å². The predicted octanol–water partition coefficient (Wildman–Crippen LogP) is 4.38. The van der Waals surface area contributed by atoms with Gasteiger partial charge >= 0.3 is 0 Å². The maximum atomic E-state index is 12.9. The summed E-state index contributed by atoms with van der Waals surface area (Å²) in [5, 5.41) is 3.55. The molecule has 1 aromatic heterocycles. The molecule has 0 fully saturated rings. The van der Waals surface area contributed by atoms with Gasteiger partial charge in [-0.25, -0.2) is 4.98 Å². The molecule has 5 heteroatoms. The third-order valence-electron chi connectivity index (χ3n) is 5.47. The van der Waals surface area contributed by atoms with Crippen LogP contribution >= 0.6 is 0 Å². The van der Waals surface area contributed by atoms with Crippen molar-refractivity contribution in [3.63, 3.8) is 0 Å². The van der Waals surface area contributed by atoms with E-state index in [1.165, 1.54) is 6.42 Å². The maximum Gasteiger partial charge on any atom is 0.261 e. The number of aryl methyl sites for hydroxylation is 3. The van der Waals surface area contributed by atoms with E-state index in [0.717, 1.165) is 54.9 Å². The standard InChI is InChI=1S/C23H25N3O2/c1-15-8-9-16(2)19(13-15)25-22(27)17-10-11-18-20(14-17)24-21-7-5-3-4-6-12-26(21)23(18)28/h8-11,13-14H,3-7,12H2,1-2H3,(H,25,27). The molecular weight excluding hydrogens is 350 g/mol. The van der Waals surface area contributed by atoms with Crippen LogP contribution in [0.4, 0.5) is 5.69 Å². The van der Waals surface area contributed by atoms with E-state index in [9.17, 15) is 9.59 Å². The molecule has 28 heavy (non-hydrogen) atoms. The van der Waals surface area contributed by atoms with E-state index in [4.69, 9.17) is 4.98 Å². The Morgan fingerprint density at radius 3 is 2.71 bits per heavy atom. The number of benzene rings is 2. The van der Waals surface area contributed by atoms with Crippen molar-refractivity contribution in [1.29, 1.82) is 0 Å². The molecule has 3 aromatic rings. The highest BCUT2D eigenvalue weighted by Crippen LogP contribution is 2.20. The van der Waals surface area contributed by atoms with Crippen molar-refractivity contribution in [2.75, 3.05) is 5.32 Å². The second-order valence-electron chi connectivity index (χ2n) is 7.65. The summed E-state index contributed by atoms with van der Waals surface area (Å²) in [6, 6.07) is 11.1. The lowest BCUT2D eigenvalue weighted by Crippen LogP contribution is -2.26. The quantitative estimate of drug-likeness (QED) is 0.723. The smallest absolute Gasteiger partial charge is 0.261 e. The van der Waals surface area contributed by atoms with Crippen LogP contribution in [0.25, 0.3) is 10.9 Å². The maximum absolute atomic E-state index is 12.9. The summed E-state index contributed by atoms with van der Waals surface area (Å²) >= 11 is 0. The number of amides is 1. The van der Waals surface area contributed by atoms with Gasteiger partial charge in [-0.2, -0.15) is 0 Å². The summed E-state index contributed by atoms with van der Waals surface area (Å²) in [6.45, 7) is 4.69. The van der Waals surface area contributed by atoms with Gasteiger partial charge in [-0.15, -0.1) is 0 Å². The summed E-state index contributed by atoms with van der Waals surface area (Å²) < 4.78 is 1.82. The Balaban J connectivity index is 1.71. The van der Waals surface area contributed by atoms with E-state index in [1.807, 2.05) is 36.6 Å². The van der Waals surface area contributed by atoms with Gasteiger partial charge < -0.3 is 5.32 Å². The Hall–Kier alpha value is -2.95. The fourth-order valence-corrected chi connectivity index (χ4v) is 3.80. The first-order valence-electron chi connectivity index (χ1n) is 9.95. The van der Waals surface area contributed by atoms with Gasteiger partial charge in [-0.1, -0.05) is 25.0 Å². The molecule has 1 amide bonds. The largest absolute Gasteiger partial charge is 0.322 e. The van der Waals surface area contributed by atoms with Crippen LogP contribution in [0.1, 0.15) is 53.0 Å². The van der Waals surface area contributed by atoms with E-state index in [1.54, 1.807) is 18.2 Å². The first-order chi connectivity index (χ1) is 13.5. The highest BCUT2D eigenvalue weighted by Gasteiger charge is 2.15. The number of carbonyl (C=O) groups is 1. The summed E-state index contributed by atoms with van der Waals surface area (Å²) in [5.74, 6) is 0.647. The number of anilines is 1. The van der Waals surface area contributed by atoms with Crippen molar-refractivity contribution < 1.29 is 4.79 Å². The molecule has 4 rings (SSSR count). The van der Waals surface area contributed by atoms with Crippen LogP contribution in [0.3, 0.4) is 0 Å². The second kappa shape index (κ2) is 7.58. The number of nitrogens with one attached hydrogen (secondary N) is 1. The van der Waals surface area contributed by atoms with Crippen molar-refractivity contribution in [3.05, 3.63) is 69.3 Å². The monoisotopic (exact) mass is 375 g/mol. The number of aromatic nitrogens is 2. The predicted molar refractivity (Wildman–Crippen MR) is 112 cm³/mol. The molecule has 0 aliphatic carbocycles. The molecule has 0 saturated carbocycles. The normalized spacial score (nSPS) is 14.2. The van der Waals surface area contributed by atoms with E-state index >= 15 is 0 Å². The lowest BCUT2D eigenvalue weighted by Gasteiger charge is -2.16. The van der Waals surface area contributed by atoms with Crippen LogP contribution in [0.5, 0.6) is 0 Å². The number of rotatable bonds is 2. The van der Waals surface area contributed by atoms with Crippen molar-refractivity contribution in [1.82, 2.24) is 9.55 Å². The van der Waals surface area contributed by atoms with Crippen molar-refractivity contribution in [2.24, 2.45) is 0 Å². The van der Waals surface area contributed by atoms with Crippen molar-refractivity contribution in [3.8, 4) is 0 Å². The highest BCUT2D eigenvalue weighted by molar-refractivity contribution is 6.06. The van der Waals surface area contributed by atoms with Gasteiger partial charge in [0, 0.05) is 24.2 Å². The SMILES string of the molecule is Cc1ccc(C)c(NC(=O)c2ccc3c(=O)n4c(nc3c2)CCCCCC4)c1. The minimum atomic E-state index is -0.191. The van der Waals surface area contributed by atoms with Gasteiger partial charge in [-0.3, -0.25) is 14.2 Å². The zero-order chi connectivity index (χ0) is 19.7. The molecule has 1 N–H and O–H groups in total. The average molecular weight is 375 g/mol. The highest BCUT2D eigenvalue weighted by atomic mass is 16.1. The van der Waals surface area contributed by atoms with Crippen LogP contribution in [0.2, 0.25) is 0 Å². The molecule has 0 atom stereocenters. The van der Waals surface area contributed by atoms with Crippen LogP contribution in [-0.2, 0) is 13.0 Å². The van der Waals surface area contributed by atoms with Gasteiger partial charge in [0.1, 0.15) is 5.82 Å². The lowest BCUT2D eigenvalue weighted by molar-refractivity contribution is 0.102. The Morgan fingerprint density at radius 1 is 1.04 bits per heavy atom. The molecular formula is C23H25N3O2. The first-order valence-corrected chi connectivity index (χ1v) is 9.95. The number of carbonyl (C=O) groups excluding carboxylic acids is 1. The number of nitrogens with zero attached hydrogens (tertiary/aromatic N) is 2. The first kappa shape index (κ1) is 18.4. The van der Waals surface area contributed by atoms with E-state index in [0.29, 0.717) is 16.5 Å². The number of hydrogen-bond donors (Lipinski definition) is 1. The molecule has 1 aliphatic rings. The van der Waals surface area contributed by atoms with E-state index in [-0.39, 0.29) is 11.5 Å². The molecule has 1 aliphatic heterocycles. The van der Waals surface area contributed by atoms with Gasteiger partial charge in [0.15, 0.2) is 0 Å². The van der Waals surface area contributed by atoms with E-state index in [2.05, 4.69) is 5.32 Å². The number of fused-ring (bicyclic) bond motifs is 2. The van der Waals surface area contributed by atoms with Crippen LogP contribution < -0.4 is 10.9 Å². The second-order valence-corrected chi connectivity index (χ2v) is 7.65. The summed E-state index contributed by atoms with van der Waals surface area (Å²) in [6.07, 6.45) is 5.19. The van der Waals surface area contributed by atoms with Gasteiger partial charge in [0.2, 0.25) is 0 Å². The minimum absolute atomic E-state index is 0.00314. The van der Waals surface area contributed by atoms with Crippen molar-refractivity contribution >= 4 is 22.5 Å².